The minimum Gasteiger partial charge on any atom is -1.00 e. The van der Waals surface area contributed by atoms with E-state index in [4.69, 9.17) is 0 Å². The van der Waals surface area contributed by atoms with Crippen LogP contribution >= 0.6 is 0 Å². The zero-order chi connectivity index (χ0) is 14.9. The quantitative estimate of drug-likeness (QED) is 0.399. The van der Waals surface area contributed by atoms with Crippen LogP contribution in [0.15, 0.2) is 72.8 Å². The van der Waals surface area contributed by atoms with Gasteiger partial charge in [0, 0.05) is 0 Å². The third-order valence-electron chi connectivity index (χ3n) is 4.43. The summed E-state index contributed by atoms with van der Waals surface area (Å²) in [6.45, 7) is 2.24. The maximum atomic E-state index is 2.37. The van der Waals surface area contributed by atoms with E-state index in [0.717, 1.165) is 6.42 Å². The minimum absolute atomic E-state index is 0. The first-order valence-electron chi connectivity index (χ1n) is 8.03. The number of aryl methyl sites for hydroxylation is 1. The van der Waals surface area contributed by atoms with Crippen molar-refractivity contribution in [2.24, 2.45) is 0 Å². The summed E-state index contributed by atoms with van der Waals surface area (Å²) >= 11 is 0. The molecule has 0 bridgehead atoms. The second kappa shape index (κ2) is 9.62. The van der Waals surface area contributed by atoms with E-state index in [2.05, 4.69) is 79.7 Å². The van der Waals surface area contributed by atoms with Crippen LogP contribution in [0.4, 0.5) is 0 Å². The largest absolute Gasteiger partial charge is 3.00 e. The first-order valence-corrected chi connectivity index (χ1v) is 8.03. The van der Waals surface area contributed by atoms with Crippen LogP contribution in [0.3, 0.4) is 0 Å². The van der Waals surface area contributed by atoms with E-state index in [-0.39, 0.29) is 51.0 Å². The van der Waals surface area contributed by atoms with Gasteiger partial charge in [0.1, 0.15) is 0 Å². The van der Waals surface area contributed by atoms with Crippen LogP contribution in [-0.4, -0.2) is 0 Å². The summed E-state index contributed by atoms with van der Waals surface area (Å²) < 4.78 is 0. The fourth-order valence-corrected chi connectivity index (χ4v) is 3.42. The first kappa shape index (κ1) is 22.0. The molecule has 0 unspecified atom stereocenters. The smallest absolute Gasteiger partial charge is 1.00 e. The van der Waals surface area contributed by atoms with E-state index in [1.165, 1.54) is 44.7 Å². The van der Waals surface area contributed by atoms with Crippen molar-refractivity contribution >= 4 is 21.5 Å². The normalized spacial score (nSPS) is 9.96. The molecule has 1 radical (unpaired) electrons. The van der Waals surface area contributed by atoms with Gasteiger partial charge in [0.25, 0.3) is 0 Å². The topological polar surface area (TPSA) is 0 Å². The molecule has 0 saturated carbocycles. The molecule has 0 amide bonds. The number of benzene rings is 3. The molecule has 4 rings (SSSR count). The molecule has 25 heavy (non-hydrogen) atoms. The average molecular weight is 446 g/mol. The van der Waals surface area contributed by atoms with Crippen molar-refractivity contribution in [3.63, 3.8) is 0 Å². The predicted molar refractivity (Wildman–Crippen MR) is 96.5 cm³/mol. The average Bonchev–Trinajstić information content (AvgIpc) is 2.97. The molecule has 4 aromatic carbocycles. The molecular weight excluding hydrogens is 426 g/mol. The fourth-order valence-electron chi connectivity index (χ4n) is 3.42. The zero-order valence-electron chi connectivity index (χ0n) is 14.1. The summed E-state index contributed by atoms with van der Waals surface area (Å²) in [7, 11) is 0. The van der Waals surface area contributed by atoms with Gasteiger partial charge in [-0.15, -0.1) is 34.5 Å². The summed E-state index contributed by atoms with van der Waals surface area (Å²) in [5.74, 6) is 0. The van der Waals surface area contributed by atoms with Crippen molar-refractivity contribution in [1.82, 2.24) is 0 Å². The number of hydrogen-bond acceptors (Lipinski definition) is 0. The zero-order valence-corrected chi connectivity index (χ0v) is 18.1. The van der Waals surface area contributed by atoms with Crippen molar-refractivity contribution in [1.29, 1.82) is 0 Å². The molecular formula is C22H19Cl2Zr. The molecule has 0 aromatic heterocycles. The van der Waals surface area contributed by atoms with Crippen LogP contribution in [0, 0.1) is 0 Å². The third kappa shape index (κ3) is 4.22. The molecule has 3 heteroatoms. The molecule has 4 aromatic rings. The Morgan fingerprint density at radius 2 is 1.40 bits per heavy atom. The molecule has 0 aliphatic heterocycles. The van der Waals surface area contributed by atoms with Crippen molar-refractivity contribution < 1.29 is 51.0 Å². The molecule has 0 aliphatic carbocycles. The Bertz CT molecular complexity index is 951. The molecule has 0 nitrogen and oxygen atoms in total. The summed E-state index contributed by atoms with van der Waals surface area (Å²) in [6, 6.07) is 26.6. The van der Waals surface area contributed by atoms with E-state index in [1.807, 2.05) is 0 Å². The van der Waals surface area contributed by atoms with Gasteiger partial charge in [0.05, 0.1) is 0 Å². The predicted octanol–water partition coefficient (Wildman–Crippen LogP) is 0.337. The molecule has 0 fully saturated rings. The van der Waals surface area contributed by atoms with Gasteiger partial charge in [0.15, 0.2) is 0 Å². The monoisotopic (exact) mass is 443 g/mol. The van der Waals surface area contributed by atoms with Crippen LogP contribution < -0.4 is 24.8 Å². The van der Waals surface area contributed by atoms with E-state index in [9.17, 15) is 0 Å². The molecule has 0 spiro atoms. The van der Waals surface area contributed by atoms with Crippen LogP contribution in [0.2, 0.25) is 0 Å². The second-order valence-corrected chi connectivity index (χ2v) is 5.95. The summed E-state index contributed by atoms with van der Waals surface area (Å²) in [5.41, 5.74) is 4.12. The van der Waals surface area contributed by atoms with Crippen LogP contribution in [-0.2, 0) is 32.6 Å². The number of hydrogen-bond donors (Lipinski definition) is 0. The second-order valence-electron chi connectivity index (χ2n) is 5.95. The molecule has 0 N–H and O–H groups in total. The first-order chi connectivity index (χ1) is 10.9. The number of rotatable bonds is 3. The third-order valence-corrected chi connectivity index (χ3v) is 4.43. The van der Waals surface area contributed by atoms with Gasteiger partial charge in [-0.25, -0.2) is 0 Å². The van der Waals surface area contributed by atoms with Crippen molar-refractivity contribution in [3.8, 4) is 11.1 Å². The van der Waals surface area contributed by atoms with E-state index in [0.29, 0.717) is 0 Å². The van der Waals surface area contributed by atoms with Gasteiger partial charge in [0.2, 0.25) is 0 Å². The van der Waals surface area contributed by atoms with Crippen LogP contribution in [0.5, 0.6) is 0 Å². The van der Waals surface area contributed by atoms with Crippen LogP contribution in [0.25, 0.3) is 32.7 Å². The molecule has 0 aliphatic rings. The van der Waals surface area contributed by atoms with E-state index >= 15 is 0 Å². The van der Waals surface area contributed by atoms with Gasteiger partial charge < -0.3 is 24.8 Å². The maximum absolute atomic E-state index is 2.37. The van der Waals surface area contributed by atoms with Crippen molar-refractivity contribution in [3.05, 3.63) is 78.4 Å². The summed E-state index contributed by atoms with van der Waals surface area (Å²) in [5, 5.41) is 5.37. The van der Waals surface area contributed by atoms with Gasteiger partial charge in [-0.3, -0.25) is 0 Å². The number of fused-ring (bicyclic) bond motifs is 2. The standard InChI is InChI=1S/C22H19.2ClH.Zr/c1-2-7-16-14-18-10-6-13-21(22(18)15-16)20-12-5-9-17-8-3-4-11-19(17)20;;;/h3-6,8-15H,2,7H2,1H3;2*1H;/q-1;;;+3/p-2. The number of halogens is 2. The van der Waals surface area contributed by atoms with E-state index in [1.54, 1.807) is 0 Å². The Labute approximate surface area is 180 Å². The molecule has 0 atom stereocenters. The van der Waals surface area contributed by atoms with Crippen molar-refractivity contribution in [2.75, 3.05) is 0 Å². The SMILES string of the molecule is CCCc1cc2c(-c3cccc4ccccc34)cccc2[cH-]1.[Cl-].[Cl-].[Zr+3]. The maximum Gasteiger partial charge on any atom is 3.00 e. The molecule has 0 saturated heterocycles. The van der Waals surface area contributed by atoms with Gasteiger partial charge in [-0.05, 0) is 22.8 Å². The summed E-state index contributed by atoms with van der Waals surface area (Å²) in [4.78, 5) is 0. The summed E-state index contributed by atoms with van der Waals surface area (Å²) in [6.07, 6.45) is 2.35. The minimum atomic E-state index is 0. The van der Waals surface area contributed by atoms with Gasteiger partial charge in [-0.2, -0.15) is 6.07 Å². The Kier molecular flexibility index (Phi) is 8.48. The van der Waals surface area contributed by atoms with Crippen molar-refractivity contribution in [2.45, 2.75) is 19.8 Å². The van der Waals surface area contributed by atoms with Crippen LogP contribution in [0.1, 0.15) is 18.9 Å². The Morgan fingerprint density at radius 1 is 0.760 bits per heavy atom. The molecule has 0 heterocycles. The van der Waals surface area contributed by atoms with Gasteiger partial charge >= 0.3 is 26.2 Å². The fraction of sp³-hybridized carbons (Fsp3) is 0.136. The molecule has 125 valence electrons. The Balaban J connectivity index is 0.00000104. The van der Waals surface area contributed by atoms with E-state index < -0.39 is 0 Å². The Morgan fingerprint density at radius 3 is 2.16 bits per heavy atom. The Hall–Kier alpha value is -1.01. The van der Waals surface area contributed by atoms with Gasteiger partial charge in [-0.1, -0.05) is 67.4 Å².